The SMILES string of the molecule is CC1=C(C(=O)Nc2ccccc2)C(c2cccs2)C(C#N)=C(SCC(=O)Nc2ccc(C)c(C)c2)C1. The Morgan fingerprint density at radius 2 is 1.78 bits per heavy atom. The molecule has 0 spiro atoms. The third kappa shape index (κ3) is 5.78. The van der Waals surface area contributed by atoms with Gasteiger partial charge in [0, 0.05) is 33.2 Å². The molecular formula is C29H27N3O2S2. The zero-order valence-corrected chi connectivity index (χ0v) is 22.1. The fraction of sp³-hybridized carbons (Fsp3) is 0.207. The number of hydrogen-bond acceptors (Lipinski definition) is 5. The van der Waals surface area contributed by atoms with E-state index in [4.69, 9.17) is 0 Å². The zero-order valence-electron chi connectivity index (χ0n) is 20.4. The Bertz CT molecular complexity index is 1380. The van der Waals surface area contributed by atoms with Crippen molar-refractivity contribution < 1.29 is 9.59 Å². The van der Waals surface area contributed by atoms with Gasteiger partial charge in [-0.3, -0.25) is 9.59 Å². The van der Waals surface area contributed by atoms with Crippen LogP contribution < -0.4 is 10.6 Å². The molecule has 2 amide bonds. The molecule has 4 rings (SSSR count). The number of allylic oxidation sites excluding steroid dienone is 3. The molecule has 5 nitrogen and oxygen atoms in total. The number of para-hydroxylation sites is 1. The van der Waals surface area contributed by atoms with Crippen molar-refractivity contribution in [2.24, 2.45) is 0 Å². The molecule has 1 heterocycles. The van der Waals surface area contributed by atoms with E-state index in [-0.39, 0.29) is 17.6 Å². The number of thioether (sulfide) groups is 1. The van der Waals surface area contributed by atoms with E-state index in [0.29, 0.717) is 23.3 Å². The van der Waals surface area contributed by atoms with Gasteiger partial charge in [-0.25, -0.2) is 0 Å². The first-order valence-corrected chi connectivity index (χ1v) is 13.5. The summed E-state index contributed by atoms with van der Waals surface area (Å²) in [7, 11) is 0. The number of anilines is 2. The molecule has 0 saturated heterocycles. The summed E-state index contributed by atoms with van der Waals surface area (Å²) in [6.45, 7) is 5.98. The van der Waals surface area contributed by atoms with Crippen molar-refractivity contribution >= 4 is 46.3 Å². The van der Waals surface area contributed by atoms with Crippen LogP contribution in [0.15, 0.2) is 87.7 Å². The maximum Gasteiger partial charge on any atom is 0.252 e. The molecule has 0 aliphatic heterocycles. The molecule has 1 atom stereocenters. The lowest BCUT2D eigenvalue weighted by atomic mass is 9.81. The minimum Gasteiger partial charge on any atom is -0.325 e. The molecule has 7 heteroatoms. The van der Waals surface area contributed by atoms with Crippen molar-refractivity contribution in [2.75, 3.05) is 16.4 Å². The van der Waals surface area contributed by atoms with Gasteiger partial charge in [0.05, 0.1) is 23.3 Å². The van der Waals surface area contributed by atoms with E-state index in [2.05, 4.69) is 16.7 Å². The van der Waals surface area contributed by atoms with Gasteiger partial charge in [0.2, 0.25) is 5.91 Å². The summed E-state index contributed by atoms with van der Waals surface area (Å²) in [6, 6.07) is 21.4. The number of hydrogen-bond donors (Lipinski definition) is 2. The molecule has 0 radical (unpaired) electrons. The van der Waals surface area contributed by atoms with Crippen LogP contribution in [0.2, 0.25) is 0 Å². The highest BCUT2D eigenvalue weighted by Crippen LogP contribution is 2.46. The molecule has 2 aromatic carbocycles. The van der Waals surface area contributed by atoms with Crippen LogP contribution in [-0.4, -0.2) is 17.6 Å². The predicted molar refractivity (Wildman–Crippen MR) is 149 cm³/mol. The fourth-order valence-electron chi connectivity index (χ4n) is 4.19. The van der Waals surface area contributed by atoms with E-state index >= 15 is 0 Å². The lowest BCUT2D eigenvalue weighted by molar-refractivity contribution is -0.114. The van der Waals surface area contributed by atoms with Crippen molar-refractivity contribution in [3.05, 3.63) is 104 Å². The lowest BCUT2D eigenvalue weighted by Gasteiger charge is -2.28. The lowest BCUT2D eigenvalue weighted by Crippen LogP contribution is -2.25. The molecule has 3 aromatic rings. The number of amides is 2. The first-order valence-electron chi connectivity index (χ1n) is 11.6. The summed E-state index contributed by atoms with van der Waals surface area (Å²) in [5.41, 5.74) is 5.78. The van der Waals surface area contributed by atoms with Crippen LogP contribution in [0.4, 0.5) is 11.4 Å². The van der Waals surface area contributed by atoms with Gasteiger partial charge in [-0.05, 0) is 67.6 Å². The molecule has 1 aromatic heterocycles. The summed E-state index contributed by atoms with van der Waals surface area (Å²) in [6.07, 6.45) is 0.462. The van der Waals surface area contributed by atoms with Crippen LogP contribution >= 0.6 is 23.1 Å². The summed E-state index contributed by atoms with van der Waals surface area (Å²) < 4.78 is 0. The Labute approximate surface area is 219 Å². The van der Waals surface area contributed by atoms with Crippen molar-refractivity contribution in [1.82, 2.24) is 0 Å². The average molecular weight is 514 g/mol. The predicted octanol–water partition coefficient (Wildman–Crippen LogP) is 6.96. The van der Waals surface area contributed by atoms with Gasteiger partial charge in [0.15, 0.2) is 0 Å². The van der Waals surface area contributed by atoms with Crippen molar-refractivity contribution in [1.29, 1.82) is 5.26 Å². The smallest absolute Gasteiger partial charge is 0.252 e. The third-order valence-electron chi connectivity index (χ3n) is 6.16. The minimum absolute atomic E-state index is 0.130. The average Bonchev–Trinajstić information content (AvgIpc) is 3.40. The summed E-state index contributed by atoms with van der Waals surface area (Å²) in [4.78, 5) is 27.9. The second-order valence-electron chi connectivity index (χ2n) is 8.72. The number of aryl methyl sites for hydroxylation is 2. The largest absolute Gasteiger partial charge is 0.325 e. The van der Waals surface area contributed by atoms with Crippen molar-refractivity contribution in [3.8, 4) is 6.07 Å². The maximum absolute atomic E-state index is 13.4. The molecule has 36 heavy (non-hydrogen) atoms. The Morgan fingerprint density at radius 3 is 2.44 bits per heavy atom. The Kier molecular flexibility index (Phi) is 8.09. The van der Waals surface area contributed by atoms with E-state index in [1.165, 1.54) is 28.7 Å². The Morgan fingerprint density at radius 1 is 1.00 bits per heavy atom. The number of carbonyl (C=O) groups excluding carboxylic acids is 2. The highest BCUT2D eigenvalue weighted by molar-refractivity contribution is 8.03. The van der Waals surface area contributed by atoms with Gasteiger partial charge in [-0.1, -0.05) is 35.9 Å². The standard InChI is InChI=1S/C29H27N3O2S2/c1-18-11-12-22(14-19(18)2)31-26(33)17-36-25-15-20(3)27(29(34)32-21-8-5-4-6-9-21)28(23(25)16-30)24-10-7-13-35-24/h4-14,28H,15,17H2,1-3H3,(H,31,33)(H,32,34). The highest BCUT2D eigenvalue weighted by Gasteiger charge is 2.35. The number of nitrogens with one attached hydrogen (secondary N) is 2. The van der Waals surface area contributed by atoms with Gasteiger partial charge < -0.3 is 10.6 Å². The van der Waals surface area contributed by atoms with Crippen LogP contribution in [-0.2, 0) is 9.59 Å². The van der Waals surface area contributed by atoms with Crippen molar-refractivity contribution in [3.63, 3.8) is 0 Å². The molecule has 2 N–H and O–H groups in total. The van der Waals surface area contributed by atoms with Gasteiger partial charge in [-0.15, -0.1) is 23.1 Å². The first kappa shape index (κ1) is 25.5. The first-order chi connectivity index (χ1) is 17.4. The second kappa shape index (κ2) is 11.4. The zero-order chi connectivity index (χ0) is 25.7. The van der Waals surface area contributed by atoms with Gasteiger partial charge >= 0.3 is 0 Å². The molecule has 1 aliphatic carbocycles. The van der Waals surface area contributed by atoms with E-state index in [0.717, 1.165) is 26.6 Å². The molecule has 1 unspecified atom stereocenters. The summed E-state index contributed by atoms with van der Waals surface area (Å²) in [5.74, 6) is -0.613. The van der Waals surface area contributed by atoms with Crippen molar-refractivity contribution in [2.45, 2.75) is 33.1 Å². The molecule has 0 saturated carbocycles. The van der Waals surface area contributed by atoms with Gasteiger partial charge in [0.1, 0.15) is 0 Å². The number of thiophene rings is 1. The highest BCUT2D eigenvalue weighted by atomic mass is 32.2. The van der Waals surface area contributed by atoms with Gasteiger partial charge in [-0.2, -0.15) is 5.26 Å². The number of carbonyl (C=O) groups is 2. The Hall–Kier alpha value is -3.60. The molecule has 182 valence electrons. The fourth-order valence-corrected chi connectivity index (χ4v) is 6.05. The van der Waals surface area contributed by atoms with Crippen LogP contribution in [0.5, 0.6) is 0 Å². The third-order valence-corrected chi connectivity index (χ3v) is 8.21. The number of rotatable bonds is 7. The molecule has 1 aliphatic rings. The maximum atomic E-state index is 13.4. The Balaban J connectivity index is 1.57. The number of benzene rings is 2. The number of nitrogens with zero attached hydrogens (tertiary/aromatic N) is 1. The van der Waals surface area contributed by atoms with Crippen LogP contribution in [0.1, 0.15) is 35.3 Å². The molecular weight excluding hydrogens is 486 g/mol. The second-order valence-corrected chi connectivity index (χ2v) is 10.8. The quantitative estimate of drug-likeness (QED) is 0.358. The summed E-state index contributed by atoms with van der Waals surface area (Å²) in [5, 5.41) is 18.1. The van der Waals surface area contributed by atoms with Gasteiger partial charge in [0.25, 0.3) is 5.91 Å². The minimum atomic E-state index is -0.460. The van der Waals surface area contributed by atoms with E-state index in [9.17, 15) is 14.9 Å². The van der Waals surface area contributed by atoms with Crippen LogP contribution in [0.25, 0.3) is 0 Å². The normalized spacial score (nSPS) is 15.4. The van der Waals surface area contributed by atoms with Crippen LogP contribution in [0.3, 0.4) is 0 Å². The summed E-state index contributed by atoms with van der Waals surface area (Å²) >= 11 is 2.89. The monoisotopic (exact) mass is 513 g/mol. The van der Waals surface area contributed by atoms with E-state index in [1.807, 2.05) is 86.8 Å². The molecule has 0 fully saturated rings. The molecule has 0 bridgehead atoms. The van der Waals surface area contributed by atoms with E-state index < -0.39 is 5.92 Å². The van der Waals surface area contributed by atoms with E-state index in [1.54, 1.807) is 0 Å². The van der Waals surface area contributed by atoms with Crippen LogP contribution in [0, 0.1) is 25.2 Å². The topological polar surface area (TPSA) is 82.0 Å². The number of nitriles is 1.